The lowest BCUT2D eigenvalue weighted by Crippen LogP contribution is -2.45. The Kier molecular flexibility index (Phi) is 4.64. The standard InChI is InChI=1S/C18H25N5O/c1-18(2,3)17(24)23-8-4-5-13(12-23)9-14-10-19-11-16(21-14)15-6-7-20-22-15/h6-7,10-11,13H,4-5,8-9,12H2,1-3H3,(H,20,22). The van der Waals surface area contributed by atoms with Crippen LogP contribution >= 0.6 is 0 Å². The highest BCUT2D eigenvalue weighted by atomic mass is 16.2. The molecule has 3 rings (SSSR count). The molecule has 2 aromatic rings. The third-order valence-corrected chi connectivity index (χ3v) is 4.41. The molecule has 1 unspecified atom stereocenters. The lowest BCUT2D eigenvalue weighted by Gasteiger charge is -2.36. The highest BCUT2D eigenvalue weighted by Crippen LogP contribution is 2.25. The Hall–Kier alpha value is -2.24. The lowest BCUT2D eigenvalue weighted by molar-refractivity contribution is -0.141. The summed E-state index contributed by atoms with van der Waals surface area (Å²) in [6.07, 6.45) is 8.31. The fraction of sp³-hybridized carbons (Fsp3) is 0.556. The minimum atomic E-state index is -0.317. The van der Waals surface area contributed by atoms with Crippen LogP contribution < -0.4 is 0 Å². The number of H-pyrrole nitrogens is 1. The van der Waals surface area contributed by atoms with Crippen molar-refractivity contribution in [2.45, 2.75) is 40.0 Å². The number of likely N-dealkylation sites (tertiary alicyclic amines) is 1. The molecule has 0 saturated carbocycles. The second-order valence-corrected chi connectivity index (χ2v) is 7.58. The molecule has 1 atom stereocenters. The van der Waals surface area contributed by atoms with Crippen molar-refractivity contribution in [3.8, 4) is 11.4 Å². The van der Waals surface area contributed by atoms with Gasteiger partial charge in [0.15, 0.2) is 0 Å². The molecular formula is C18H25N5O. The fourth-order valence-electron chi connectivity index (χ4n) is 3.22. The fourth-order valence-corrected chi connectivity index (χ4v) is 3.22. The van der Waals surface area contributed by atoms with Crippen molar-refractivity contribution in [1.29, 1.82) is 0 Å². The van der Waals surface area contributed by atoms with E-state index in [2.05, 4.69) is 15.2 Å². The number of aromatic amines is 1. The molecule has 0 bridgehead atoms. The second kappa shape index (κ2) is 6.71. The van der Waals surface area contributed by atoms with E-state index in [1.165, 1.54) is 0 Å². The first-order chi connectivity index (χ1) is 11.4. The summed E-state index contributed by atoms with van der Waals surface area (Å²) in [6.45, 7) is 7.63. The largest absolute Gasteiger partial charge is 0.342 e. The van der Waals surface area contributed by atoms with E-state index >= 15 is 0 Å². The van der Waals surface area contributed by atoms with Gasteiger partial charge in [-0.1, -0.05) is 20.8 Å². The Balaban J connectivity index is 1.68. The number of hydrogen-bond acceptors (Lipinski definition) is 4. The molecule has 0 aromatic carbocycles. The first kappa shape index (κ1) is 16.6. The van der Waals surface area contributed by atoms with Crippen LogP contribution in [-0.2, 0) is 11.2 Å². The first-order valence-corrected chi connectivity index (χ1v) is 8.53. The molecule has 24 heavy (non-hydrogen) atoms. The van der Waals surface area contributed by atoms with E-state index in [1.807, 2.05) is 37.9 Å². The maximum absolute atomic E-state index is 12.5. The quantitative estimate of drug-likeness (QED) is 0.940. The van der Waals surface area contributed by atoms with Crippen molar-refractivity contribution in [2.75, 3.05) is 13.1 Å². The molecule has 6 heteroatoms. The smallest absolute Gasteiger partial charge is 0.227 e. The van der Waals surface area contributed by atoms with Gasteiger partial charge in [0.1, 0.15) is 5.69 Å². The van der Waals surface area contributed by atoms with Crippen LogP contribution in [0.1, 0.15) is 39.3 Å². The highest BCUT2D eigenvalue weighted by molar-refractivity contribution is 5.81. The highest BCUT2D eigenvalue weighted by Gasteiger charge is 2.31. The number of rotatable bonds is 3. The summed E-state index contributed by atoms with van der Waals surface area (Å²) in [7, 11) is 0. The van der Waals surface area contributed by atoms with E-state index in [-0.39, 0.29) is 11.3 Å². The maximum atomic E-state index is 12.5. The predicted octanol–water partition coefficient (Wildman–Crippen LogP) is 2.69. The molecule has 3 heterocycles. The van der Waals surface area contributed by atoms with Crippen LogP contribution in [0, 0.1) is 11.3 Å². The van der Waals surface area contributed by atoms with Gasteiger partial charge < -0.3 is 4.90 Å². The molecule has 0 spiro atoms. The SMILES string of the molecule is CC(C)(C)C(=O)N1CCCC(Cc2cncc(-c3ccn[nH]3)n2)C1. The van der Waals surface area contributed by atoms with Crippen molar-refractivity contribution in [3.63, 3.8) is 0 Å². The maximum Gasteiger partial charge on any atom is 0.227 e. The number of hydrogen-bond donors (Lipinski definition) is 1. The van der Waals surface area contributed by atoms with Crippen LogP contribution in [0.5, 0.6) is 0 Å². The predicted molar refractivity (Wildman–Crippen MR) is 92.1 cm³/mol. The van der Waals surface area contributed by atoms with E-state index in [1.54, 1.807) is 12.4 Å². The minimum absolute atomic E-state index is 0.240. The van der Waals surface area contributed by atoms with Gasteiger partial charge in [0, 0.05) is 30.9 Å². The van der Waals surface area contributed by atoms with Gasteiger partial charge in [-0.15, -0.1) is 0 Å². The number of nitrogens with one attached hydrogen (secondary N) is 1. The van der Waals surface area contributed by atoms with E-state index in [4.69, 9.17) is 4.98 Å². The van der Waals surface area contributed by atoms with Crippen molar-refractivity contribution >= 4 is 5.91 Å². The third-order valence-electron chi connectivity index (χ3n) is 4.41. The molecule has 1 saturated heterocycles. The van der Waals surface area contributed by atoms with Crippen LogP contribution in [0.15, 0.2) is 24.7 Å². The molecule has 1 aliphatic heterocycles. The average Bonchev–Trinajstić information content (AvgIpc) is 3.08. The van der Waals surface area contributed by atoms with Gasteiger partial charge in [-0.2, -0.15) is 5.10 Å². The third kappa shape index (κ3) is 3.80. The van der Waals surface area contributed by atoms with E-state index in [9.17, 15) is 4.79 Å². The molecule has 128 valence electrons. The molecule has 1 N–H and O–H groups in total. The van der Waals surface area contributed by atoms with Gasteiger partial charge in [0.2, 0.25) is 5.91 Å². The number of piperidine rings is 1. The lowest BCUT2D eigenvalue weighted by atomic mass is 9.89. The second-order valence-electron chi connectivity index (χ2n) is 7.58. The van der Waals surface area contributed by atoms with Crippen LogP contribution in [0.4, 0.5) is 0 Å². The van der Waals surface area contributed by atoms with Crippen LogP contribution in [0.3, 0.4) is 0 Å². The molecule has 6 nitrogen and oxygen atoms in total. The Morgan fingerprint density at radius 3 is 2.92 bits per heavy atom. The monoisotopic (exact) mass is 327 g/mol. The Labute approximate surface area is 142 Å². The van der Waals surface area contributed by atoms with Gasteiger partial charge in [-0.3, -0.25) is 14.9 Å². The summed E-state index contributed by atoms with van der Waals surface area (Å²) in [5, 5.41) is 6.88. The molecule has 2 aromatic heterocycles. The summed E-state index contributed by atoms with van der Waals surface area (Å²) >= 11 is 0. The molecule has 0 aliphatic carbocycles. The van der Waals surface area contributed by atoms with Crippen LogP contribution in [-0.4, -0.2) is 44.1 Å². The number of amides is 1. The number of carbonyl (C=O) groups excluding carboxylic acids is 1. The van der Waals surface area contributed by atoms with Crippen molar-refractivity contribution in [2.24, 2.45) is 11.3 Å². The van der Waals surface area contributed by atoms with E-state index in [0.29, 0.717) is 5.92 Å². The zero-order chi connectivity index (χ0) is 17.2. The summed E-state index contributed by atoms with van der Waals surface area (Å²) in [4.78, 5) is 23.5. The topological polar surface area (TPSA) is 74.8 Å². The Morgan fingerprint density at radius 1 is 1.38 bits per heavy atom. The normalized spacial score (nSPS) is 18.6. The van der Waals surface area contributed by atoms with Crippen molar-refractivity contribution in [1.82, 2.24) is 25.1 Å². The van der Waals surface area contributed by atoms with Crippen LogP contribution in [0.25, 0.3) is 11.4 Å². The number of carbonyl (C=O) groups is 1. The molecule has 1 amide bonds. The summed E-state index contributed by atoms with van der Waals surface area (Å²) < 4.78 is 0. The Bertz CT molecular complexity index is 690. The average molecular weight is 327 g/mol. The van der Waals surface area contributed by atoms with Crippen molar-refractivity contribution in [3.05, 3.63) is 30.4 Å². The molecule has 1 fully saturated rings. The molecular weight excluding hydrogens is 302 g/mol. The minimum Gasteiger partial charge on any atom is -0.342 e. The first-order valence-electron chi connectivity index (χ1n) is 8.53. The summed E-state index contributed by atoms with van der Waals surface area (Å²) in [6, 6.07) is 1.89. The molecule has 1 aliphatic rings. The van der Waals surface area contributed by atoms with Gasteiger partial charge >= 0.3 is 0 Å². The van der Waals surface area contributed by atoms with E-state index < -0.39 is 0 Å². The van der Waals surface area contributed by atoms with Gasteiger partial charge in [-0.25, -0.2) is 4.98 Å². The van der Waals surface area contributed by atoms with Crippen molar-refractivity contribution < 1.29 is 4.79 Å². The van der Waals surface area contributed by atoms with Gasteiger partial charge in [-0.05, 0) is 31.2 Å². The zero-order valence-corrected chi connectivity index (χ0v) is 14.6. The number of aromatic nitrogens is 4. The number of nitrogens with zero attached hydrogens (tertiary/aromatic N) is 4. The van der Waals surface area contributed by atoms with Gasteiger partial charge in [0.25, 0.3) is 0 Å². The van der Waals surface area contributed by atoms with Gasteiger partial charge in [0.05, 0.1) is 17.6 Å². The Morgan fingerprint density at radius 2 is 2.21 bits per heavy atom. The van der Waals surface area contributed by atoms with E-state index in [0.717, 1.165) is 49.4 Å². The summed E-state index contributed by atoms with van der Waals surface area (Å²) in [5.74, 6) is 0.681. The van der Waals surface area contributed by atoms with Crippen LogP contribution in [0.2, 0.25) is 0 Å². The zero-order valence-electron chi connectivity index (χ0n) is 14.6. The molecule has 0 radical (unpaired) electrons. The summed E-state index contributed by atoms with van der Waals surface area (Å²) in [5.41, 5.74) is 2.33.